The van der Waals surface area contributed by atoms with Crippen molar-refractivity contribution in [1.82, 2.24) is 19.8 Å². The molecule has 2 heterocycles. The molecule has 1 aromatic carbocycles. The number of likely N-dealkylation sites (tertiary alicyclic amines) is 1. The summed E-state index contributed by atoms with van der Waals surface area (Å²) in [5.41, 5.74) is -0.322. The monoisotopic (exact) mass is 352 g/mol. The average Bonchev–Trinajstić information content (AvgIpc) is 2.54. The van der Waals surface area contributed by atoms with E-state index in [1.165, 1.54) is 4.57 Å². The number of fused-ring (bicyclic) bond motifs is 1. The normalized spacial score (nSPS) is 16.2. The Kier molecular flexibility index (Phi) is 4.93. The fourth-order valence-corrected chi connectivity index (χ4v) is 3.14. The Morgan fingerprint density at radius 1 is 1.28 bits per heavy atom. The van der Waals surface area contributed by atoms with E-state index in [-0.39, 0.29) is 23.6 Å². The lowest BCUT2D eigenvalue weighted by atomic mass is 10.1. The van der Waals surface area contributed by atoms with Crippen LogP contribution in [0.2, 0.25) is 0 Å². The van der Waals surface area contributed by atoms with Gasteiger partial charge in [-0.2, -0.15) is 0 Å². The minimum Gasteiger partial charge on any atom is -0.465 e. The number of aromatic nitrogens is 2. The molecule has 7 nitrogen and oxygen atoms in total. The number of hydrogen-bond acceptors (Lipinski definition) is 4. The van der Waals surface area contributed by atoms with Crippen LogP contribution in [0.1, 0.15) is 12.8 Å². The number of benzene rings is 1. The zero-order chi connectivity index (χ0) is 18.0. The minimum atomic E-state index is -1.03. The molecule has 1 fully saturated rings. The predicted molar refractivity (Wildman–Crippen MR) is 86.5 cm³/mol. The van der Waals surface area contributed by atoms with Crippen molar-refractivity contribution < 1.29 is 18.7 Å². The molecule has 0 aliphatic carbocycles. The molecule has 0 atom stereocenters. The second kappa shape index (κ2) is 7.14. The van der Waals surface area contributed by atoms with Crippen LogP contribution in [0.25, 0.3) is 11.0 Å². The van der Waals surface area contributed by atoms with Crippen LogP contribution in [0.4, 0.5) is 13.6 Å². The topological polar surface area (TPSA) is 87.5 Å². The van der Waals surface area contributed by atoms with Crippen molar-refractivity contribution in [2.75, 3.05) is 19.6 Å². The zero-order valence-electron chi connectivity index (χ0n) is 13.4. The lowest BCUT2D eigenvalue weighted by molar-refractivity contribution is 0.166. The predicted octanol–water partition coefficient (Wildman–Crippen LogP) is 1.41. The number of piperidine rings is 1. The summed E-state index contributed by atoms with van der Waals surface area (Å²) in [7, 11) is 0. The highest BCUT2D eigenvalue weighted by atomic mass is 19.1. The zero-order valence-corrected chi connectivity index (χ0v) is 13.4. The molecule has 1 aliphatic rings. The van der Waals surface area contributed by atoms with Gasteiger partial charge in [-0.05, 0) is 12.8 Å². The number of nitrogens with one attached hydrogen (secondary N) is 1. The summed E-state index contributed by atoms with van der Waals surface area (Å²) in [6.07, 6.45) is 1.37. The highest BCUT2D eigenvalue weighted by Gasteiger charge is 2.20. The van der Waals surface area contributed by atoms with Crippen molar-refractivity contribution >= 4 is 17.1 Å². The van der Waals surface area contributed by atoms with Gasteiger partial charge in [0.1, 0.15) is 11.3 Å². The van der Waals surface area contributed by atoms with Crippen molar-refractivity contribution in [2.45, 2.75) is 25.4 Å². The summed E-state index contributed by atoms with van der Waals surface area (Å²) in [5.74, 6) is -1.56. The lowest BCUT2D eigenvalue weighted by Crippen LogP contribution is -2.45. The Labute approximate surface area is 141 Å². The van der Waals surface area contributed by atoms with Crippen LogP contribution in [0.3, 0.4) is 0 Å². The highest BCUT2D eigenvalue weighted by molar-refractivity contribution is 5.75. The number of nitrogens with zero attached hydrogens (tertiary/aromatic N) is 3. The third-order valence-corrected chi connectivity index (χ3v) is 4.42. The van der Waals surface area contributed by atoms with Gasteiger partial charge in [0.15, 0.2) is 5.82 Å². The van der Waals surface area contributed by atoms with E-state index in [1.807, 2.05) is 0 Å². The van der Waals surface area contributed by atoms with E-state index in [9.17, 15) is 18.4 Å². The van der Waals surface area contributed by atoms with Crippen LogP contribution in [0.15, 0.2) is 23.1 Å². The average molecular weight is 352 g/mol. The first-order valence-corrected chi connectivity index (χ1v) is 8.00. The van der Waals surface area contributed by atoms with Gasteiger partial charge in [0.2, 0.25) is 0 Å². The molecule has 9 heteroatoms. The number of carbonyl (C=O) groups is 1. The molecular formula is C16H18F2N4O3. The maximum atomic E-state index is 13.8. The highest BCUT2D eigenvalue weighted by Crippen LogP contribution is 2.16. The molecule has 2 aromatic rings. The maximum Gasteiger partial charge on any atom is 0.404 e. The van der Waals surface area contributed by atoms with Gasteiger partial charge >= 0.3 is 6.09 Å². The smallest absolute Gasteiger partial charge is 0.404 e. The molecule has 2 N–H and O–H groups in total. The first-order chi connectivity index (χ1) is 11.9. The van der Waals surface area contributed by atoms with E-state index in [0.29, 0.717) is 32.5 Å². The van der Waals surface area contributed by atoms with Crippen LogP contribution in [0.5, 0.6) is 0 Å². The Morgan fingerprint density at radius 2 is 2.00 bits per heavy atom. The maximum absolute atomic E-state index is 13.8. The van der Waals surface area contributed by atoms with Crippen molar-refractivity contribution in [2.24, 2.45) is 0 Å². The number of halogens is 2. The van der Waals surface area contributed by atoms with Gasteiger partial charge < -0.3 is 19.9 Å². The summed E-state index contributed by atoms with van der Waals surface area (Å²) >= 11 is 0. The van der Waals surface area contributed by atoms with Gasteiger partial charge in [-0.1, -0.05) is 0 Å². The SMILES string of the molecule is O=C(O)NC1CCN(CCn2c(=O)cnc3c(F)cc(F)cc32)CC1. The Morgan fingerprint density at radius 3 is 2.68 bits per heavy atom. The van der Waals surface area contributed by atoms with Gasteiger partial charge in [-0.25, -0.2) is 18.6 Å². The van der Waals surface area contributed by atoms with Crippen molar-refractivity contribution in [3.8, 4) is 0 Å². The van der Waals surface area contributed by atoms with Gasteiger partial charge in [0, 0.05) is 44.4 Å². The summed E-state index contributed by atoms with van der Waals surface area (Å²) in [4.78, 5) is 28.6. The number of amides is 1. The van der Waals surface area contributed by atoms with Crippen molar-refractivity contribution in [3.63, 3.8) is 0 Å². The van der Waals surface area contributed by atoms with Crippen LogP contribution in [-0.4, -0.2) is 51.3 Å². The summed E-state index contributed by atoms with van der Waals surface area (Å²) in [6, 6.07) is 1.78. The van der Waals surface area contributed by atoms with Crippen LogP contribution < -0.4 is 10.9 Å². The number of rotatable bonds is 4. The minimum absolute atomic E-state index is 0.0367. The third-order valence-electron chi connectivity index (χ3n) is 4.42. The summed E-state index contributed by atoms with van der Waals surface area (Å²) in [6.45, 7) is 2.17. The fourth-order valence-electron chi connectivity index (χ4n) is 3.14. The number of hydrogen-bond donors (Lipinski definition) is 2. The molecule has 0 radical (unpaired) electrons. The van der Waals surface area contributed by atoms with E-state index < -0.39 is 23.3 Å². The molecule has 0 unspecified atom stereocenters. The van der Waals surface area contributed by atoms with Crippen LogP contribution in [-0.2, 0) is 6.54 Å². The Hall–Kier alpha value is -2.55. The molecule has 0 bridgehead atoms. The summed E-state index contributed by atoms with van der Waals surface area (Å²) in [5, 5.41) is 11.2. The van der Waals surface area contributed by atoms with E-state index in [1.54, 1.807) is 0 Å². The third kappa shape index (κ3) is 3.93. The summed E-state index contributed by atoms with van der Waals surface area (Å²) < 4.78 is 28.6. The van der Waals surface area contributed by atoms with Crippen molar-refractivity contribution in [3.05, 3.63) is 40.3 Å². The molecule has 3 rings (SSSR count). The standard InChI is InChI=1S/C16H18F2N4O3/c17-10-7-12(18)15-13(8-10)22(14(23)9-19-15)6-5-21-3-1-11(2-4-21)20-16(24)25/h7-9,11,20H,1-6H2,(H,24,25). The van der Waals surface area contributed by atoms with Crippen LogP contribution >= 0.6 is 0 Å². The molecule has 134 valence electrons. The Bertz CT molecular complexity index is 847. The lowest BCUT2D eigenvalue weighted by Gasteiger charge is -2.31. The molecule has 1 aliphatic heterocycles. The van der Waals surface area contributed by atoms with E-state index in [4.69, 9.17) is 5.11 Å². The van der Waals surface area contributed by atoms with Crippen LogP contribution in [0, 0.1) is 11.6 Å². The van der Waals surface area contributed by atoms with Gasteiger partial charge in [-0.15, -0.1) is 0 Å². The molecule has 0 spiro atoms. The van der Waals surface area contributed by atoms with Gasteiger partial charge in [0.25, 0.3) is 5.56 Å². The van der Waals surface area contributed by atoms with E-state index >= 15 is 0 Å². The van der Waals surface area contributed by atoms with Crippen molar-refractivity contribution in [1.29, 1.82) is 0 Å². The second-order valence-corrected chi connectivity index (χ2v) is 6.07. The first kappa shape index (κ1) is 17.3. The molecule has 1 amide bonds. The second-order valence-electron chi connectivity index (χ2n) is 6.07. The molecule has 1 aromatic heterocycles. The largest absolute Gasteiger partial charge is 0.465 e. The first-order valence-electron chi connectivity index (χ1n) is 8.00. The van der Waals surface area contributed by atoms with E-state index in [2.05, 4.69) is 15.2 Å². The van der Waals surface area contributed by atoms with Gasteiger partial charge in [-0.3, -0.25) is 4.79 Å². The Balaban J connectivity index is 1.71. The molecular weight excluding hydrogens is 334 g/mol. The van der Waals surface area contributed by atoms with Gasteiger partial charge in [0.05, 0.1) is 11.7 Å². The molecule has 0 saturated carbocycles. The molecule has 1 saturated heterocycles. The number of carboxylic acid groups (broad SMARTS) is 1. The quantitative estimate of drug-likeness (QED) is 0.869. The van der Waals surface area contributed by atoms with E-state index in [0.717, 1.165) is 18.3 Å². The fraction of sp³-hybridized carbons (Fsp3) is 0.438. The molecule has 25 heavy (non-hydrogen) atoms.